The molecule has 0 aliphatic rings. The summed E-state index contributed by atoms with van der Waals surface area (Å²) in [6, 6.07) is 3.20. The average Bonchev–Trinajstić information content (AvgIpc) is 2.40. The van der Waals surface area contributed by atoms with Gasteiger partial charge in [-0.25, -0.2) is 4.79 Å². The Hall–Kier alpha value is -3.23. The highest BCUT2D eigenvalue weighted by molar-refractivity contribution is 5.93. The topological polar surface area (TPSA) is 140 Å². The lowest BCUT2D eigenvalue weighted by Crippen LogP contribution is -2.21. The van der Waals surface area contributed by atoms with Crippen molar-refractivity contribution in [3.05, 3.63) is 50.3 Å². The lowest BCUT2D eigenvalue weighted by molar-refractivity contribution is -0.384. The highest BCUT2D eigenvalue weighted by atomic mass is 16.6. The predicted octanol–water partition coefficient (Wildman–Crippen LogP) is 0.693. The van der Waals surface area contributed by atoms with E-state index < -0.39 is 34.4 Å². The molecule has 1 aromatic heterocycles. The first kappa shape index (κ1) is 14.2. The molecule has 108 valence electrons. The van der Waals surface area contributed by atoms with Crippen molar-refractivity contribution in [2.45, 2.75) is 6.54 Å². The molecule has 2 N–H and O–H groups in total. The minimum Gasteiger partial charge on any atom is -0.480 e. The molecule has 0 atom stereocenters. The molecule has 0 aliphatic carbocycles. The number of aromatic nitrogens is 1. The molecule has 1 heterocycles. The third-order valence-corrected chi connectivity index (χ3v) is 2.81. The second-order valence-electron chi connectivity index (χ2n) is 4.16. The number of aromatic carboxylic acids is 1. The van der Waals surface area contributed by atoms with Crippen molar-refractivity contribution in [3.8, 4) is 0 Å². The van der Waals surface area contributed by atoms with Gasteiger partial charge in [0.2, 0.25) is 5.43 Å². The Labute approximate surface area is 115 Å². The molecular weight excluding hydrogens is 284 g/mol. The number of non-ortho nitro benzene ring substituents is 1. The van der Waals surface area contributed by atoms with Crippen molar-refractivity contribution < 1.29 is 24.7 Å². The van der Waals surface area contributed by atoms with E-state index in [1.807, 2.05) is 0 Å². The zero-order valence-corrected chi connectivity index (χ0v) is 10.3. The van der Waals surface area contributed by atoms with Gasteiger partial charge in [-0.2, -0.15) is 0 Å². The molecule has 1 aromatic carbocycles. The Morgan fingerprint density at radius 3 is 2.48 bits per heavy atom. The lowest BCUT2D eigenvalue weighted by Gasteiger charge is -2.09. The molecular formula is C12H8N2O7. The van der Waals surface area contributed by atoms with Crippen molar-refractivity contribution in [2.75, 3.05) is 0 Å². The number of nitro groups is 1. The standard InChI is InChI=1S/C12H8N2O7/c15-10(16)5-13-4-8(12(18)19)11(17)7-2-1-6(14(20)21)3-9(7)13/h1-4H,5H2,(H,15,16)(H,18,19). The van der Waals surface area contributed by atoms with Gasteiger partial charge in [0.15, 0.2) is 0 Å². The summed E-state index contributed by atoms with van der Waals surface area (Å²) in [4.78, 5) is 43.9. The predicted molar refractivity (Wildman–Crippen MR) is 69.5 cm³/mol. The maximum absolute atomic E-state index is 12.0. The molecule has 9 heteroatoms. The first-order valence-corrected chi connectivity index (χ1v) is 5.58. The minimum absolute atomic E-state index is 0.0124. The van der Waals surface area contributed by atoms with E-state index in [1.54, 1.807) is 0 Å². The SMILES string of the molecule is O=C(O)Cn1cc(C(=O)O)c(=O)c2ccc([N+](=O)[O-])cc21. The highest BCUT2D eigenvalue weighted by Gasteiger charge is 2.18. The van der Waals surface area contributed by atoms with Crippen LogP contribution < -0.4 is 5.43 Å². The number of benzene rings is 1. The normalized spacial score (nSPS) is 10.5. The second kappa shape index (κ2) is 5.04. The first-order valence-electron chi connectivity index (χ1n) is 5.58. The number of carbonyl (C=O) groups is 2. The van der Waals surface area contributed by atoms with Gasteiger partial charge in [-0.3, -0.25) is 19.7 Å². The molecule has 9 nitrogen and oxygen atoms in total. The molecule has 21 heavy (non-hydrogen) atoms. The first-order chi connectivity index (χ1) is 9.81. The largest absolute Gasteiger partial charge is 0.480 e. The summed E-state index contributed by atoms with van der Waals surface area (Å²) in [5.41, 5.74) is -1.77. The number of carboxylic acid groups (broad SMARTS) is 2. The van der Waals surface area contributed by atoms with E-state index in [1.165, 1.54) is 0 Å². The average molecular weight is 292 g/mol. The zero-order valence-electron chi connectivity index (χ0n) is 10.3. The van der Waals surface area contributed by atoms with Crippen LogP contribution in [-0.2, 0) is 11.3 Å². The summed E-state index contributed by atoms with van der Waals surface area (Å²) in [6.45, 7) is -0.627. The maximum atomic E-state index is 12.0. The van der Waals surface area contributed by atoms with Crippen LogP contribution >= 0.6 is 0 Å². The van der Waals surface area contributed by atoms with Crippen LogP contribution in [0.3, 0.4) is 0 Å². The Kier molecular flexibility index (Phi) is 3.40. The number of hydrogen-bond donors (Lipinski definition) is 2. The Balaban J connectivity index is 2.88. The van der Waals surface area contributed by atoms with Crippen molar-refractivity contribution >= 4 is 28.5 Å². The van der Waals surface area contributed by atoms with Crippen LogP contribution in [0.1, 0.15) is 10.4 Å². The lowest BCUT2D eigenvalue weighted by atomic mass is 10.1. The molecule has 0 spiro atoms. The van der Waals surface area contributed by atoms with Crippen molar-refractivity contribution in [1.82, 2.24) is 4.57 Å². The van der Waals surface area contributed by atoms with Crippen molar-refractivity contribution in [2.24, 2.45) is 0 Å². The fourth-order valence-corrected chi connectivity index (χ4v) is 1.92. The zero-order chi connectivity index (χ0) is 15.7. The molecule has 0 saturated carbocycles. The van der Waals surface area contributed by atoms with E-state index in [4.69, 9.17) is 10.2 Å². The van der Waals surface area contributed by atoms with Gasteiger partial charge in [0.25, 0.3) is 5.69 Å². The van der Waals surface area contributed by atoms with Crippen LogP contribution in [0.25, 0.3) is 10.9 Å². The monoisotopic (exact) mass is 292 g/mol. The number of aliphatic carboxylic acids is 1. The molecule has 0 amide bonds. The second-order valence-corrected chi connectivity index (χ2v) is 4.16. The van der Waals surface area contributed by atoms with Gasteiger partial charge in [-0.15, -0.1) is 0 Å². The number of carboxylic acids is 2. The molecule has 2 aromatic rings. The van der Waals surface area contributed by atoms with E-state index in [2.05, 4.69) is 0 Å². The fraction of sp³-hybridized carbons (Fsp3) is 0.0833. The van der Waals surface area contributed by atoms with Crippen LogP contribution in [-0.4, -0.2) is 31.6 Å². The van der Waals surface area contributed by atoms with Crippen LogP contribution in [0.15, 0.2) is 29.2 Å². The number of nitrogens with zero attached hydrogens (tertiary/aromatic N) is 2. The Bertz CT molecular complexity index is 837. The summed E-state index contributed by atoms with van der Waals surface area (Å²) in [7, 11) is 0. The van der Waals surface area contributed by atoms with Gasteiger partial charge in [0.1, 0.15) is 12.1 Å². The van der Waals surface area contributed by atoms with Crippen molar-refractivity contribution in [1.29, 1.82) is 0 Å². The van der Waals surface area contributed by atoms with Gasteiger partial charge in [0, 0.05) is 23.7 Å². The van der Waals surface area contributed by atoms with Gasteiger partial charge >= 0.3 is 11.9 Å². The summed E-state index contributed by atoms with van der Waals surface area (Å²) in [6.07, 6.45) is 0.866. The van der Waals surface area contributed by atoms with Crippen LogP contribution in [0, 0.1) is 10.1 Å². The highest BCUT2D eigenvalue weighted by Crippen LogP contribution is 2.19. The summed E-state index contributed by atoms with van der Waals surface area (Å²) in [5.74, 6) is -2.78. The molecule has 0 fully saturated rings. The van der Waals surface area contributed by atoms with E-state index in [0.29, 0.717) is 0 Å². The third kappa shape index (κ3) is 2.56. The van der Waals surface area contributed by atoms with Gasteiger partial charge < -0.3 is 14.8 Å². The number of hydrogen-bond acceptors (Lipinski definition) is 5. The van der Waals surface area contributed by atoms with Crippen LogP contribution in [0.2, 0.25) is 0 Å². The molecule has 0 aliphatic heterocycles. The number of rotatable bonds is 4. The Morgan fingerprint density at radius 1 is 1.29 bits per heavy atom. The van der Waals surface area contributed by atoms with Gasteiger partial charge in [-0.05, 0) is 6.07 Å². The summed E-state index contributed by atoms with van der Waals surface area (Å²) < 4.78 is 0.982. The summed E-state index contributed by atoms with van der Waals surface area (Å²) >= 11 is 0. The van der Waals surface area contributed by atoms with Crippen molar-refractivity contribution in [3.63, 3.8) is 0 Å². The minimum atomic E-state index is -1.50. The quantitative estimate of drug-likeness (QED) is 0.624. The number of fused-ring (bicyclic) bond motifs is 1. The van der Waals surface area contributed by atoms with Crippen LogP contribution in [0.4, 0.5) is 5.69 Å². The molecule has 2 rings (SSSR count). The number of pyridine rings is 1. The number of nitro benzene ring substituents is 1. The van der Waals surface area contributed by atoms with E-state index >= 15 is 0 Å². The Morgan fingerprint density at radius 2 is 1.95 bits per heavy atom. The third-order valence-electron chi connectivity index (χ3n) is 2.81. The van der Waals surface area contributed by atoms with E-state index in [9.17, 15) is 24.5 Å². The smallest absolute Gasteiger partial charge is 0.341 e. The van der Waals surface area contributed by atoms with E-state index in [-0.39, 0.29) is 16.6 Å². The van der Waals surface area contributed by atoms with Gasteiger partial charge in [-0.1, -0.05) is 0 Å². The summed E-state index contributed by atoms with van der Waals surface area (Å²) in [5, 5.41) is 28.4. The molecule has 0 saturated heterocycles. The molecule has 0 bridgehead atoms. The molecule has 0 unspecified atom stereocenters. The van der Waals surface area contributed by atoms with Gasteiger partial charge in [0.05, 0.1) is 10.4 Å². The maximum Gasteiger partial charge on any atom is 0.341 e. The van der Waals surface area contributed by atoms with Crippen LogP contribution in [0.5, 0.6) is 0 Å². The fourth-order valence-electron chi connectivity index (χ4n) is 1.92. The van der Waals surface area contributed by atoms with E-state index in [0.717, 1.165) is 29.0 Å². The molecule has 0 radical (unpaired) electrons.